The summed E-state index contributed by atoms with van der Waals surface area (Å²) in [6.07, 6.45) is 6.34. The van der Waals surface area contributed by atoms with Gasteiger partial charge in [0.05, 0.1) is 11.7 Å². The van der Waals surface area contributed by atoms with Crippen molar-refractivity contribution in [3.05, 3.63) is 118 Å². The molecule has 6 rings (SSSR count). The average molecular weight is 578 g/mol. The minimum absolute atomic E-state index is 0.132. The first-order valence-electron chi connectivity index (χ1n) is 14.8. The Morgan fingerprint density at radius 3 is 2.33 bits per heavy atom. The molecule has 1 saturated heterocycles. The number of hydrogen-bond donors (Lipinski definition) is 2. The molecule has 2 N–H and O–H groups in total. The number of anilines is 1. The van der Waals surface area contributed by atoms with Crippen LogP contribution < -0.4 is 20.9 Å². The summed E-state index contributed by atoms with van der Waals surface area (Å²) in [4.78, 5) is 45.5. The number of aryl methyl sites for hydroxylation is 1. The van der Waals surface area contributed by atoms with E-state index in [1.54, 1.807) is 46.1 Å². The maximum absolute atomic E-state index is 13.8. The van der Waals surface area contributed by atoms with Crippen LogP contribution >= 0.6 is 0 Å². The van der Waals surface area contributed by atoms with Gasteiger partial charge in [0.25, 0.3) is 11.5 Å². The van der Waals surface area contributed by atoms with Gasteiger partial charge < -0.3 is 20.3 Å². The topological polar surface area (TPSA) is 106 Å². The van der Waals surface area contributed by atoms with E-state index in [-0.39, 0.29) is 41.4 Å². The lowest BCUT2D eigenvalue weighted by atomic mass is 9.85. The highest BCUT2D eigenvalue weighted by atomic mass is 16.6. The molecule has 4 aromatic rings. The van der Waals surface area contributed by atoms with Crippen molar-refractivity contribution in [3.8, 4) is 11.4 Å². The summed E-state index contributed by atoms with van der Waals surface area (Å²) in [6, 6.07) is 24.5. The van der Waals surface area contributed by atoms with Crippen LogP contribution in [0.15, 0.2) is 96.1 Å². The fourth-order valence-electron chi connectivity index (χ4n) is 5.56. The number of benzene rings is 3. The molecule has 2 fully saturated rings. The molecule has 1 aliphatic carbocycles. The second kappa shape index (κ2) is 12.5. The highest BCUT2D eigenvalue weighted by Crippen LogP contribution is 2.33. The predicted molar refractivity (Wildman–Crippen MR) is 165 cm³/mol. The molecule has 2 heterocycles. The molecular formula is C34H35N5O4. The van der Waals surface area contributed by atoms with E-state index < -0.39 is 0 Å². The van der Waals surface area contributed by atoms with E-state index in [2.05, 4.69) is 15.6 Å². The van der Waals surface area contributed by atoms with Crippen LogP contribution in [0.1, 0.15) is 53.2 Å². The smallest absolute Gasteiger partial charge is 0.410 e. The van der Waals surface area contributed by atoms with Crippen LogP contribution in [0.2, 0.25) is 0 Å². The van der Waals surface area contributed by atoms with Gasteiger partial charge in [-0.25, -0.2) is 9.78 Å². The molecule has 2 amide bonds. The summed E-state index contributed by atoms with van der Waals surface area (Å²) in [5, 5.41) is 6.47. The first-order chi connectivity index (χ1) is 21.0. The van der Waals surface area contributed by atoms with Crippen LogP contribution in [-0.4, -0.2) is 45.6 Å². The van der Waals surface area contributed by atoms with Gasteiger partial charge in [-0.2, -0.15) is 0 Å². The Kier molecular flexibility index (Phi) is 8.22. The number of carbonyl (C=O) groups excluding carboxylic acids is 2. The zero-order valence-electron chi connectivity index (χ0n) is 24.1. The van der Waals surface area contributed by atoms with Gasteiger partial charge in [-0.1, -0.05) is 54.6 Å². The maximum atomic E-state index is 13.8. The number of rotatable bonds is 8. The van der Waals surface area contributed by atoms with E-state index in [4.69, 9.17) is 4.74 Å². The number of ether oxygens (including phenoxy) is 1. The second-order valence-corrected chi connectivity index (χ2v) is 11.2. The van der Waals surface area contributed by atoms with Crippen LogP contribution in [0.5, 0.6) is 5.75 Å². The number of carbonyl (C=O) groups is 2. The van der Waals surface area contributed by atoms with Gasteiger partial charge >= 0.3 is 6.09 Å². The molecule has 1 aliphatic heterocycles. The largest absolute Gasteiger partial charge is 0.415 e. The van der Waals surface area contributed by atoms with Gasteiger partial charge in [-0.15, -0.1) is 0 Å². The molecule has 1 atom stereocenters. The highest BCUT2D eigenvalue weighted by Gasteiger charge is 2.31. The van der Waals surface area contributed by atoms with Crippen molar-refractivity contribution in [1.82, 2.24) is 19.8 Å². The van der Waals surface area contributed by atoms with Crippen molar-refractivity contribution < 1.29 is 14.3 Å². The van der Waals surface area contributed by atoms with Gasteiger partial charge in [0, 0.05) is 37.1 Å². The number of para-hydroxylation sites is 1. The van der Waals surface area contributed by atoms with Crippen molar-refractivity contribution >= 4 is 17.8 Å². The minimum Gasteiger partial charge on any atom is -0.410 e. The van der Waals surface area contributed by atoms with E-state index in [1.807, 2.05) is 61.5 Å². The SMILES string of the molecule is Cc1ccc(C(=O)NC2CC2)cc1-n1ccnc(N[C@@H](c2ccccc2)C2CCN(C(=O)Oc3ccccc3)CC2)c1=O. The predicted octanol–water partition coefficient (Wildman–Crippen LogP) is 5.50. The van der Waals surface area contributed by atoms with Crippen molar-refractivity contribution in [2.75, 3.05) is 18.4 Å². The fourth-order valence-corrected chi connectivity index (χ4v) is 5.56. The Balaban J connectivity index is 1.22. The van der Waals surface area contributed by atoms with Gasteiger partial charge in [0.2, 0.25) is 0 Å². The van der Waals surface area contributed by atoms with Crippen molar-refractivity contribution in [3.63, 3.8) is 0 Å². The normalized spacial score (nSPS) is 15.9. The molecule has 43 heavy (non-hydrogen) atoms. The monoisotopic (exact) mass is 577 g/mol. The lowest BCUT2D eigenvalue weighted by Gasteiger charge is -2.36. The third kappa shape index (κ3) is 6.61. The first-order valence-corrected chi connectivity index (χ1v) is 14.8. The van der Waals surface area contributed by atoms with Gasteiger partial charge in [0.1, 0.15) is 5.75 Å². The average Bonchev–Trinajstić information content (AvgIpc) is 3.86. The van der Waals surface area contributed by atoms with Gasteiger partial charge in [-0.3, -0.25) is 14.2 Å². The van der Waals surface area contributed by atoms with Gasteiger partial charge in [-0.05, 0) is 73.9 Å². The second-order valence-electron chi connectivity index (χ2n) is 11.2. The molecule has 0 spiro atoms. The molecule has 1 aromatic heterocycles. The Hall–Kier alpha value is -4.92. The molecule has 2 aliphatic rings. The van der Waals surface area contributed by atoms with Crippen LogP contribution in [-0.2, 0) is 0 Å². The highest BCUT2D eigenvalue weighted by molar-refractivity contribution is 5.95. The number of aromatic nitrogens is 2. The number of piperidine rings is 1. The molecule has 9 nitrogen and oxygen atoms in total. The van der Waals surface area contributed by atoms with Crippen LogP contribution in [0.25, 0.3) is 5.69 Å². The summed E-state index contributed by atoms with van der Waals surface area (Å²) >= 11 is 0. The van der Waals surface area contributed by atoms with E-state index in [0.29, 0.717) is 30.1 Å². The van der Waals surface area contributed by atoms with E-state index >= 15 is 0 Å². The van der Waals surface area contributed by atoms with Crippen molar-refractivity contribution in [1.29, 1.82) is 0 Å². The third-order valence-corrected chi connectivity index (χ3v) is 8.15. The number of hydrogen-bond acceptors (Lipinski definition) is 6. The first kappa shape index (κ1) is 28.2. The van der Waals surface area contributed by atoms with Crippen LogP contribution in [0.3, 0.4) is 0 Å². The number of nitrogens with one attached hydrogen (secondary N) is 2. The molecule has 0 unspecified atom stereocenters. The van der Waals surface area contributed by atoms with E-state index in [1.165, 1.54) is 0 Å². The number of nitrogens with zero attached hydrogens (tertiary/aromatic N) is 3. The molecule has 0 bridgehead atoms. The standard InChI is InChI=1S/C34H35N5O4/c1-23-12-13-26(32(40)36-27-14-15-27)22-29(23)39-21-18-35-31(33(39)41)37-30(24-8-4-2-5-9-24)25-16-19-38(20-17-25)34(42)43-28-10-6-3-7-11-28/h2-13,18,21-22,25,27,30H,14-17,19-20H2,1H3,(H,35,37)(H,36,40)/t30-/m0/s1. The Morgan fingerprint density at radius 2 is 1.63 bits per heavy atom. The van der Waals surface area contributed by atoms with Crippen LogP contribution in [0, 0.1) is 12.8 Å². The van der Waals surface area contributed by atoms with Crippen LogP contribution in [0.4, 0.5) is 10.6 Å². The van der Waals surface area contributed by atoms with E-state index in [0.717, 1.165) is 36.8 Å². The quantitative estimate of drug-likeness (QED) is 0.287. The maximum Gasteiger partial charge on any atom is 0.415 e. The molecular weight excluding hydrogens is 542 g/mol. The molecule has 1 saturated carbocycles. The summed E-state index contributed by atoms with van der Waals surface area (Å²) in [6.45, 7) is 3.01. The summed E-state index contributed by atoms with van der Waals surface area (Å²) in [5.74, 6) is 0.769. The lowest BCUT2D eigenvalue weighted by Crippen LogP contribution is -2.42. The Morgan fingerprint density at radius 1 is 0.930 bits per heavy atom. The zero-order chi connectivity index (χ0) is 29.8. The zero-order valence-corrected chi connectivity index (χ0v) is 24.1. The summed E-state index contributed by atoms with van der Waals surface area (Å²) in [7, 11) is 0. The summed E-state index contributed by atoms with van der Waals surface area (Å²) < 4.78 is 7.09. The molecule has 9 heteroatoms. The summed E-state index contributed by atoms with van der Waals surface area (Å²) in [5.41, 5.74) is 2.77. The number of likely N-dealkylation sites (tertiary alicyclic amines) is 1. The molecule has 3 aromatic carbocycles. The molecule has 0 radical (unpaired) electrons. The third-order valence-electron chi connectivity index (χ3n) is 8.15. The molecule has 220 valence electrons. The van der Waals surface area contributed by atoms with E-state index in [9.17, 15) is 14.4 Å². The number of amides is 2. The minimum atomic E-state index is -0.357. The van der Waals surface area contributed by atoms with Gasteiger partial charge in [0.15, 0.2) is 5.82 Å². The lowest BCUT2D eigenvalue weighted by molar-refractivity contribution is 0.0951. The fraction of sp³-hybridized carbons (Fsp3) is 0.294. The Labute approximate surface area is 250 Å². The van der Waals surface area contributed by atoms with Crippen molar-refractivity contribution in [2.45, 2.75) is 44.7 Å². The van der Waals surface area contributed by atoms with Crippen molar-refractivity contribution in [2.24, 2.45) is 5.92 Å². The Bertz CT molecular complexity index is 1640.